The van der Waals surface area contributed by atoms with Crippen molar-refractivity contribution in [1.29, 1.82) is 0 Å². The molecular formula is C12H15NO4S. The van der Waals surface area contributed by atoms with Crippen molar-refractivity contribution in [2.24, 2.45) is 0 Å². The van der Waals surface area contributed by atoms with Crippen molar-refractivity contribution in [2.75, 3.05) is 0 Å². The van der Waals surface area contributed by atoms with Crippen LogP contribution in [0.2, 0.25) is 0 Å². The average Bonchev–Trinajstić information content (AvgIpc) is 2.70. The van der Waals surface area contributed by atoms with Crippen molar-refractivity contribution in [1.82, 2.24) is 5.32 Å². The SMILES string of the molecule is CC(C)OC(=O)NCc1sccc1C=CC(=O)O. The van der Waals surface area contributed by atoms with E-state index in [-0.39, 0.29) is 6.10 Å². The van der Waals surface area contributed by atoms with Crippen LogP contribution in [0.15, 0.2) is 17.5 Å². The quantitative estimate of drug-likeness (QED) is 0.805. The second kappa shape index (κ2) is 6.80. The van der Waals surface area contributed by atoms with E-state index in [0.29, 0.717) is 6.54 Å². The number of carboxylic acids is 1. The highest BCUT2D eigenvalue weighted by molar-refractivity contribution is 7.10. The molecule has 1 amide bonds. The number of hydrogen-bond donors (Lipinski definition) is 2. The van der Waals surface area contributed by atoms with Crippen LogP contribution < -0.4 is 5.32 Å². The van der Waals surface area contributed by atoms with E-state index in [0.717, 1.165) is 16.5 Å². The summed E-state index contributed by atoms with van der Waals surface area (Å²) >= 11 is 1.45. The molecule has 0 saturated carbocycles. The van der Waals surface area contributed by atoms with Gasteiger partial charge in [0.25, 0.3) is 0 Å². The fourth-order valence-corrected chi connectivity index (χ4v) is 2.02. The van der Waals surface area contributed by atoms with Crippen LogP contribution in [0.4, 0.5) is 4.79 Å². The van der Waals surface area contributed by atoms with Gasteiger partial charge in [0.15, 0.2) is 0 Å². The Balaban J connectivity index is 2.55. The largest absolute Gasteiger partial charge is 0.478 e. The Labute approximate surface area is 109 Å². The maximum absolute atomic E-state index is 11.3. The molecule has 0 saturated heterocycles. The van der Waals surface area contributed by atoms with Crippen LogP contribution in [0.25, 0.3) is 6.08 Å². The molecule has 0 bridgehead atoms. The third-order valence-electron chi connectivity index (χ3n) is 1.92. The summed E-state index contributed by atoms with van der Waals surface area (Å²) in [6.45, 7) is 3.86. The van der Waals surface area contributed by atoms with Gasteiger partial charge in [-0.1, -0.05) is 0 Å². The Kier molecular flexibility index (Phi) is 5.38. The number of rotatable bonds is 5. The summed E-state index contributed by atoms with van der Waals surface area (Å²) in [5.74, 6) is -1.00. The number of amides is 1. The van der Waals surface area contributed by atoms with Gasteiger partial charge in [0.2, 0.25) is 0 Å². The smallest absolute Gasteiger partial charge is 0.407 e. The van der Waals surface area contributed by atoms with Crippen molar-refractivity contribution in [3.63, 3.8) is 0 Å². The maximum atomic E-state index is 11.3. The van der Waals surface area contributed by atoms with Crippen LogP contribution in [0, 0.1) is 0 Å². The first-order chi connectivity index (χ1) is 8.49. The molecule has 5 nitrogen and oxygen atoms in total. The summed E-state index contributed by atoms with van der Waals surface area (Å²) < 4.78 is 4.93. The minimum absolute atomic E-state index is 0.167. The Hall–Kier alpha value is -1.82. The van der Waals surface area contributed by atoms with Crippen LogP contribution in [0.3, 0.4) is 0 Å². The van der Waals surface area contributed by atoms with Gasteiger partial charge in [-0.25, -0.2) is 9.59 Å². The number of nitrogens with one attached hydrogen (secondary N) is 1. The number of carboxylic acid groups (broad SMARTS) is 1. The van der Waals surface area contributed by atoms with Crippen LogP contribution in [0.5, 0.6) is 0 Å². The molecule has 0 aliphatic carbocycles. The maximum Gasteiger partial charge on any atom is 0.407 e. The predicted molar refractivity (Wildman–Crippen MR) is 69.4 cm³/mol. The number of aliphatic carboxylic acids is 1. The summed E-state index contributed by atoms with van der Waals surface area (Å²) in [7, 11) is 0. The predicted octanol–water partition coefficient (Wildman–Crippen LogP) is 2.48. The van der Waals surface area contributed by atoms with Crippen LogP contribution in [0.1, 0.15) is 24.3 Å². The van der Waals surface area contributed by atoms with Gasteiger partial charge in [-0.05, 0) is 36.9 Å². The zero-order valence-electron chi connectivity index (χ0n) is 10.2. The average molecular weight is 269 g/mol. The molecule has 18 heavy (non-hydrogen) atoms. The zero-order valence-corrected chi connectivity index (χ0v) is 11.0. The van der Waals surface area contributed by atoms with Crippen molar-refractivity contribution in [3.8, 4) is 0 Å². The van der Waals surface area contributed by atoms with E-state index in [9.17, 15) is 9.59 Å². The molecule has 0 spiro atoms. The van der Waals surface area contributed by atoms with Gasteiger partial charge in [-0.2, -0.15) is 0 Å². The minimum atomic E-state index is -1.00. The number of hydrogen-bond acceptors (Lipinski definition) is 4. The van der Waals surface area contributed by atoms with E-state index >= 15 is 0 Å². The van der Waals surface area contributed by atoms with E-state index in [4.69, 9.17) is 9.84 Å². The number of thiophene rings is 1. The van der Waals surface area contributed by atoms with E-state index in [2.05, 4.69) is 5.32 Å². The van der Waals surface area contributed by atoms with Crippen molar-refractivity contribution >= 4 is 29.5 Å². The number of carbonyl (C=O) groups is 2. The molecule has 0 aliphatic heterocycles. The summed E-state index contributed by atoms with van der Waals surface area (Å²) in [4.78, 5) is 22.6. The number of ether oxygens (including phenoxy) is 1. The van der Waals surface area contributed by atoms with Gasteiger partial charge in [0.1, 0.15) is 0 Å². The first-order valence-electron chi connectivity index (χ1n) is 5.41. The van der Waals surface area contributed by atoms with E-state index < -0.39 is 12.1 Å². The Morgan fingerprint density at radius 3 is 2.89 bits per heavy atom. The molecule has 0 aromatic carbocycles. The standard InChI is InChI=1S/C12H15NO4S/c1-8(2)17-12(16)13-7-10-9(5-6-18-10)3-4-11(14)15/h3-6,8H,7H2,1-2H3,(H,13,16)(H,14,15). The molecule has 1 heterocycles. The molecule has 1 aromatic heterocycles. The first kappa shape index (κ1) is 14.2. The van der Waals surface area contributed by atoms with Gasteiger partial charge in [0.05, 0.1) is 12.6 Å². The summed E-state index contributed by atoms with van der Waals surface area (Å²) in [6.07, 6.45) is 1.92. The fourth-order valence-electron chi connectivity index (χ4n) is 1.21. The normalized spacial score (nSPS) is 10.8. The topological polar surface area (TPSA) is 75.6 Å². The van der Waals surface area contributed by atoms with Gasteiger partial charge < -0.3 is 15.2 Å². The van der Waals surface area contributed by atoms with Crippen LogP contribution in [-0.4, -0.2) is 23.3 Å². The highest BCUT2D eigenvalue weighted by atomic mass is 32.1. The first-order valence-corrected chi connectivity index (χ1v) is 6.29. The van der Waals surface area contributed by atoms with Gasteiger partial charge in [0, 0.05) is 11.0 Å². The molecule has 98 valence electrons. The molecule has 0 unspecified atom stereocenters. The number of carbonyl (C=O) groups excluding carboxylic acids is 1. The van der Waals surface area contributed by atoms with Crippen molar-refractivity contribution < 1.29 is 19.4 Å². The summed E-state index contributed by atoms with van der Waals surface area (Å²) in [6, 6.07) is 1.80. The summed E-state index contributed by atoms with van der Waals surface area (Å²) in [5, 5.41) is 13.0. The molecule has 6 heteroatoms. The molecule has 1 aromatic rings. The van der Waals surface area contributed by atoms with Gasteiger partial charge in [-0.15, -0.1) is 11.3 Å². The Morgan fingerprint density at radius 2 is 2.28 bits per heavy atom. The lowest BCUT2D eigenvalue weighted by Gasteiger charge is -2.09. The third kappa shape index (κ3) is 5.01. The monoisotopic (exact) mass is 269 g/mol. The molecule has 0 aliphatic rings. The van der Waals surface area contributed by atoms with Crippen LogP contribution >= 0.6 is 11.3 Å². The molecule has 0 atom stereocenters. The van der Waals surface area contributed by atoms with Gasteiger partial charge >= 0.3 is 12.1 Å². The fraction of sp³-hybridized carbons (Fsp3) is 0.333. The Morgan fingerprint density at radius 1 is 1.56 bits per heavy atom. The van der Waals surface area contributed by atoms with Crippen molar-refractivity contribution in [3.05, 3.63) is 28.0 Å². The second-order valence-electron chi connectivity index (χ2n) is 3.78. The lowest BCUT2D eigenvalue weighted by atomic mass is 10.2. The second-order valence-corrected chi connectivity index (χ2v) is 4.78. The molecular weight excluding hydrogens is 254 g/mol. The summed E-state index contributed by atoms with van der Waals surface area (Å²) in [5.41, 5.74) is 0.784. The van der Waals surface area contributed by atoms with E-state index in [1.165, 1.54) is 17.4 Å². The Bertz CT molecular complexity index is 451. The lowest BCUT2D eigenvalue weighted by molar-refractivity contribution is -0.131. The molecule has 2 N–H and O–H groups in total. The van der Waals surface area contributed by atoms with Gasteiger partial charge in [-0.3, -0.25) is 0 Å². The van der Waals surface area contributed by atoms with E-state index in [1.54, 1.807) is 19.9 Å². The lowest BCUT2D eigenvalue weighted by Crippen LogP contribution is -2.26. The molecule has 0 fully saturated rings. The minimum Gasteiger partial charge on any atom is -0.478 e. The number of alkyl carbamates (subject to hydrolysis) is 1. The molecule has 1 rings (SSSR count). The highest BCUT2D eigenvalue weighted by Gasteiger charge is 2.07. The molecule has 0 radical (unpaired) electrons. The zero-order chi connectivity index (χ0) is 13.5. The highest BCUT2D eigenvalue weighted by Crippen LogP contribution is 2.18. The van der Waals surface area contributed by atoms with Crippen LogP contribution in [-0.2, 0) is 16.1 Å². The van der Waals surface area contributed by atoms with E-state index in [1.807, 2.05) is 5.38 Å². The third-order valence-corrected chi connectivity index (χ3v) is 2.86. The van der Waals surface area contributed by atoms with Crippen molar-refractivity contribution in [2.45, 2.75) is 26.5 Å².